The van der Waals surface area contributed by atoms with Crippen LogP contribution in [0.2, 0.25) is 0 Å². The molecule has 0 unspecified atom stereocenters. The zero-order chi connectivity index (χ0) is 18.6. The summed E-state index contributed by atoms with van der Waals surface area (Å²) in [6, 6.07) is 22.7. The number of fused-ring (bicyclic) bond motifs is 1. The third-order valence-electron chi connectivity index (χ3n) is 5.01. The van der Waals surface area contributed by atoms with E-state index < -0.39 is 0 Å². The smallest absolute Gasteiger partial charge is 0.247 e. The average Bonchev–Trinajstić information content (AvgIpc) is 3.56. The highest BCUT2D eigenvalue weighted by Gasteiger charge is 2.31. The molecule has 0 heterocycles. The van der Waals surface area contributed by atoms with Crippen molar-refractivity contribution in [2.75, 3.05) is 7.11 Å². The van der Waals surface area contributed by atoms with Gasteiger partial charge in [-0.1, -0.05) is 54.6 Å². The molecule has 4 rings (SSSR count). The van der Waals surface area contributed by atoms with Crippen molar-refractivity contribution in [3.05, 3.63) is 83.9 Å². The van der Waals surface area contributed by atoms with Crippen LogP contribution in [0.4, 0.5) is 0 Å². The van der Waals surface area contributed by atoms with Crippen LogP contribution in [-0.4, -0.2) is 24.0 Å². The fraction of sp³-hybridized carbons (Fsp3) is 0.208. The maximum absolute atomic E-state index is 12.9. The number of carbonyl (C=O) groups excluding carboxylic acids is 1. The van der Waals surface area contributed by atoms with Gasteiger partial charge in [0.1, 0.15) is 5.75 Å². The Bertz CT molecular complexity index is 966. The maximum atomic E-state index is 12.9. The van der Waals surface area contributed by atoms with Gasteiger partial charge in [-0.05, 0) is 52.9 Å². The quantitative estimate of drug-likeness (QED) is 0.578. The van der Waals surface area contributed by atoms with Crippen LogP contribution in [0.25, 0.3) is 16.8 Å². The monoisotopic (exact) mass is 357 g/mol. The van der Waals surface area contributed by atoms with Crippen LogP contribution in [0.15, 0.2) is 72.8 Å². The average molecular weight is 357 g/mol. The SMILES string of the molecule is COc1ccc(CN(C(=O)/C=C/c2cccc3ccccc23)C2CC2)cc1. The molecular formula is C24H23NO2. The summed E-state index contributed by atoms with van der Waals surface area (Å²) in [5.41, 5.74) is 2.19. The third kappa shape index (κ3) is 4.03. The molecule has 3 nitrogen and oxygen atoms in total. The topological polar surface area (TPSA) is 29.5 Å². The van der Waals surface area contributed by atoms with E-state index in [-0.39, 0.29) is 5.91 Å². The Hall–Kier alpha value is -3.07. The second kappa shape index (κ2) is 7.67. The molecule has 1 fully saturated rings. The Morgan fingerprint density at radius 3 is 2.52 bits per heavy atom. The molecule has 1 aliphatic carbocycles. The van der Waals surface area contributed by atoms with Gasteiger partial charge in [-0.2, -0.15) is 0 Å². The van der Waals surface area contributed by atoms with Crippen LogP contribution in [-0.2, 0) is 11.3 Å². The highest BCUT2D eigenvalue weighted by Crippen LogP contribution is 2.29. The Morgan fingerprint density at radius 1 is 1.04 bits per heavy atom. The van der Waals surface area contributed by atoms with Crippen molar-refractivity contribution in [1.82, 2.24) is 4.90 Å². The lowest BCUT2D eigenvalue weighted by atomic mass is 10.0. The van der Waals surface area contributed by atoms with Crippen LogP contribution in [0, 0.1) is 0 Å². The van der Waals surface area contributed by atoms with Gasteiger partial charge < -0.3 is 9.64 Å². The minimum atomic E-state index is 0.0706. The van der Waals surface area contributed by atoms with Gasteiger partial charge in [0.25, 0.3) is 0 Å². The first-order valence-electron chi connectivity index (χ1n) is 9.34. The van der Waals surface area contributed by atoms with Crippen molar-refractivity contribution in [2.45, 2.75) is 25.4 Å². The summed E-state index contributed by atoms with van der Waals surface area (Å²) in [7, 11) is 1.66. The van der Waals surface area contributed by atoms with E-state index in [9.17, 15) is 4.79 Å². The Labute approximate surface area is 159 Å². The molecule has 0 N–H and O–H groups in total. The zero-order valence-electron chi connectivity index (χ0n) is 15.5. The molecule has 3 aromatic carbocycles. The van der Waals surface area contributed by atoms with E-state index in [1.54, 1.807) is 13.2 Å². The zero-order valence-corrected chi connectivity index (χ0v) is 15.5. The minimum absolute atomic E-state index is 0.0706. The van der Waals surface area contributed by atoms with Crippen molar-refractivity contribution in [1.29, 1.82) is 0 Å². The molecule has 0 bridgehead atoms. The number of hydrogen-bond acceptors (Lipinski definition) is 2. The molecule has 0 aliphatic heterocycles. The van der Waals surface area contributed by atoms with Gasteiger partial charge in [0.15, 0.2) is 0 Å². The molecule has 0 aromatic heterocycles. The van der Waals surface area contributed by atoms with E-state index in [0.29, 0.717) is 12.6 Å². The number of hydrogen-bond donors (Lipinski definition) is 0. The van der Waals surface area contributed by atoms with E-state index in [4.69, 9.17) is 4.74 Å². The highest BCUT2D eigenvalue weighted by atomic mass is 16.5. The molecule has 0 spiro atoms. The lowest BCUT2D eigenvalue weighted by molar-refractivity contribution is -0.127. The fourth-order valence-corrected chi connectivity index (χ4v) is 3.35. The summed E-state index contributed by atoms with van der Waals surface area (Å²) in [4.78, 5) is 14.9. The summed E-state index contributed by atoms with van der Waals surface area (Å²) in [6.45, 7) is 0.632. The molecule has 1 saturated carbocycles. The van der Waals surface area contributed by atoms with Crippen LogP contribution < -0.4 is 4.74 Å². The number of amides is 1. The number of nitrogens with zero attached hydrogens (tertiary/aromatic N) is 1. The first-order valence-corrected chi connectivity index (χ1v) is 9.34. The van der Waals surface area contributed by atoms with Crippen molar-refractivity contribution in [3.8, 4) is 5.75 Å². The summed E-state index contributed by atoms with van der Waals surface area (Å²) in [5.74, 6) is 0.903. The fourth-order valence-electron chi connectivity index (χ4n) is 3.35. The predicted octanol–water partition coefficient (Wildman–Crippen LogP) is 5.05. The van der Waals surface area contributed by atoms with E-state index in [0.717, 1.165) is 35.1 Å². The first kappa shape index (κ1) is 17.3. The number of rotatable bonds is 6. The Balaban J connectivity index is 1.52. The van der Waals surface area contributed by atoms with E-state index in [1.165, 1.54) is 5.39 Å². The third-order valence-corrected chi connectivity index (χ3v) is 5.01. The predicted molar refractivity (Wildman–Crippen MR) is 110 cm³/mol. The molecule has 0 radical (unpaired) electrons. The summed E-state index contributed by atoms with van der Waals surface area (Å²) < 4.78 is 5.21. The molecule has 0 atom stereocenters. The van der Waals surface area contributed by atoms with Crippen molar-refractivity contribution in [3.63, 3.8) is 0 Å². The van der Waals surface area contributed by atoms with E-state index in [2.05, 4.69) is 24.3 Å². The second-order valence-electron chi connectivity index (χ2n) is 6.95. The second-order valence-corrected chi connectivity index (χ2v) is 6.95. The van der Waals surface area contributed by atoms with Gasteiger partial charge in [-0.25, -0.2) is 0 Å². The summed E-state index contributed by atoms with van der Waals surface area (Å²) in [6.07, 6.45) is 5.83. The molecule has 1 amide bonds. The Kier molecular flexibility index (Phi) is 4.93. The van der Waals surface area contributed by atoms with Crippen LogP contribution in [0.1, 0.15) is 24.0 Å². The minimum Gasteiger partial charge on any atom is -0.497 e. The number of carbonyl (C=O) groups is 1. The molecular weight excluding hydrogens is 334 g/mol. The number of benzene rings is 3. The summed E-state index contributed by atoms with van der Waals surface area (Å²) in [5, 5.41) is 2.35. The van der Waals surface area contributed by atoms with Crippen LogP contribution in [0.5, 0.6) is 5.75 Å². The van der Waals surface area contributed by atoms with Gasteiger partial charge in [-0.3, -0.25) is 4.79 Å². The molecule has 27 heavy (non-hydrogen) atoms. The van der Waals surface area contributed by atoms with Crippen molar-refractivity contribution in [2.24, 2.45) is 0 Å². The first-order chi connectivity index (χ1) is 13.2. The maximum Gasteiger partial charge on any atom is 0.247 e. The standard InChI is InChI=1S/C24H23NO2/c1-27-22-14-9-18(10-15-22)17-25(21-12-13-21)24(26)16-11-20-7-4-6-19-5-2-3-8-23(19)20/h2-11,14-16,21H,12-13,17H2,1H3/b16-11+. The molecule has 3 heteroatoms. The molecule has 0 saturated heterocycles. The lowest BCUT2D eigenvalue weighted by Crippen LogP contribution is -2.31. The van der Waals surface area contributed by atoms with Crippen LogP contribution in [0.3, 0.4) is 0 Å². The van der Waals surface area contributed by atoms with Gasteiger partial charge >= 0.3 is 0 Å². The van der Waals surface area contributed by atoms with Gasteiger partial charge in [-0.15, -0.1) is 0 Å². The normalized spacial score (nSPS) is 13.8. The van der Waals surface area contributed by atoms with E-state index >= 15 is 0 Å². The Morgan fingerprint density at radius 2 is 1.78 bits per heavy atom. The molecule has 136 valence electrons. The number of ether oxygens (including phenoxy) is 1. The van der Waals surface area contributed by atoms with Gasteiger partial charge in [0.05, 0.1) is 7.11 Å². The molecule has 1 aliphatic rings. The van der Waals surface area contributed by atoms with Gasteiger partial charge in [0, 0.05) is 18.7 Å². The largest absolute Gasteiger partial charge is 0.497 e. The summed E-state index contributed by atoms with van der Waals surface area (Å²) >= 11 is 0. The molecule has 3 aromatic rings. The highest BCUT2D eigenvalue weighted by molar-refractivity contribution is 5.97. The van der Waals surface area contributed by atoms with Crippen molar-refractivity contribution >= 4 is 22.8 Å². The van der Waals surface area contributed by atoms with Crippen molar-refractivity contribution < 1.29 is 9.53 Å². The lowest BCUT2D eigenvalue weighted by Gasteiger charge is -2.21. The number of methoxy groups -OCH3 is 1. The van der Waals surface area contributed by atoms with Crippen LogP contribution >= 0.6 is 0 Å². The van der Waals surface area contributed by atoms with E-state index in [1.807, 2.05) is 53.4 Å². The van der Waals surface area contributed by atoms with Gasteiger partial charge in [0.2, 0.25) is 5.91 Å².